The smallest absolute Gasteiger partial charge is 0.328 e. The lowest BCUT2D eigenvalue weighted by atomic mass is 10.2. The van der Waals surface area contributed by atoms with Gasteiger partial charge in [0.1, 0.15) is 4.90 Å². The van der Waals surface area contributed by atoms with Gasteiger partial charge in [-0.25, -0.2) is 22.9 Å². The molecule has 1 aromatic rings. The molecule has 0 aliphatic carbocycles. The van der Waals surface area contributed by atoms with Crippen molar-refractivity contribution in [2.75, 3.05) is 5.32 Å². The summed E-state index contributed by atoms with van der Waals surface area (Å²) in [6.45, 7) is 1.84. The molecule has 0 fully saturated rings. The van der Waals surface area contributed by atoms with E-state index in [0.29, 0.717) is 18.5 Å². The Labute approximate surface area is 116 Å². The van der Waals surface area contributed by atoms with Crippen molar-refractivity contribution in [1.29, 1.82) is 0 Å². The lowest BCUT2D eigenvalue weighted by Crippen LogP contribution is -2.42. The summed E-state index contributed by atoms with van der Waals surface area (Å²) in [6.07, 6.45) is 0.973. The molecule has 0 amide bonds. The molecule has 2 rings (SSSR count). The number of aliphatic carboxylic acids is 1. The van der Waals surface area contributed by atoms with Crippen LogP contribution < -0.4 is 10.0 Å². The summed E-state index contributed by atoms with van der Waals surface area (Å²) in [5.74, 6) is -1.15. The van der Waals surface area contributed by atoms with Crippen LogP contribution in [0.15, 0.2) is 34.2 Å². The molecule has 20 heavy (non-hydrogen) atoms. The molecule has 3 N–H and O–H groups in total. The van der Waals surface area contributed by atoms with Crippen LogP contribution in [0.5, 0.6) is 0 Å². The van der Waals surface area contributed by atoms with E-state index in [0.717, 1.165) is 0 Å². The fourth-order valence-corrected chi connectivity index (χ4v) is 3.01. The number of nitrogens with zero attached hydrogens (tertiary/aromatic N) is 1. The molecule has 8 heteroatoms. The molecule has 0 aromatic heterocycles. The van der Waals surface area contributed by atoms with E-state index in [-0.39, 0.29) is 10.9 Å². The largest absolute Gasteiger partial charge is 0.480 e. The highest BCUT2D eigenvalue weighted by molar-refractivity contribution is 7.90. The van der Waals surface area contributed by atoms with Gasteiger partial charge in [-0.3, -0.25) is 0 Å². The average molecular weight is 297 g/mol. The number of rotatable bonds is 4. The predicted octanol–water partition coefficient (Wildman–Crippen LogP) is 1.000. The molecule has 0 saturated carbocycles. The molecule has 0 bridgehead atoms. The molecule has 0 spiro atoms. The summed E-state index contributed by atoms with van der Waals surface area (Å²) in [4.78, 5) is 15.1. The number of anilines is 1. The highest BCUT2D eigenvalue weighted by Crippen LogP contribution is 2.24. The number of hydrogen-bond donors (Lipinski definition) is 3. The first-order chi connectivity index (χ1) is 9.44. The van der Waals surface area contributed by atoms with E-state index in [1.165, 1.54) is 6.07 Å². The number of carboxylic acid groups (broad SMARTS) is 1. The Hall–Kier alpha value is -2.09. The van der Waals surface area contributed by atoms with Gasteiger partial charge in [0.25, 0.3) is 10.0 Å². The van der Waals surface area contributed by atoms with Gasteiger partial charge < -0.3 is 10.4 Å². The van der Waals surface area contributed by atoms with Crippen molar-refractivity contribution in [3.63, 3.8) is 0 Å². The lowest BCUT2D eigenvalue weighted by Gasteiger charge is -2.22. The second-order valence-corrected chi connectivity index (χ2v) is 6.00. The summed E-state index contributed by atoms with van der Waals surface area (Å²) < 4.78 is 26.3. The van der Waals surface area contributed by atoms with Crippen molar-refractivity contribution in [3.8, 4) is 0 Å². The first-order valence-corrected chi connectivity index (χ1v) is 7.62. The van der Waals surface area contributed by atoms with Crippen molar-refractivity contribution < 1.29 is 18.3 Å². The zero-order valence-corrected chi connectivity index (χ0v) is 11.6. The van der Waals surface area contributed by atoms with Crippen LogP contribution in [-0.4, -0.2) is 31.5 Å². The van der Waals surface area contributed by atoms with Crippen LogP contribution in [0.4, 0.5) is 5.69 Å². The minimum Gasteiger partial charge on any atom is -0.480 e. The van der Waals surface area contributed by atoms with E-state index < -0.39 is 22.0 Å². The molecular formula is C12H15N3O4S. The second kappa shape index (κ2) is 5.49. The molecule has 1 aliphatic heterocycles. The zero-order chi connectivity index (χ0) is 14.8. The average Bonchev–Trinajstić information content (AvgIpc) is 2.37. The Morgan fingerprint density at radius 1 is 1.40 bits per heavy atom. The summed E-state index contributed by atoms with van der Waals surface area (Å²) in [5.41, 5.74) is 0.380. The van der Waals surface area contributed by atoms with Gasteiger partial charge in [-0.2, -0.15) is 0 Å². The number of hydrogen-bond acceptors (Lipinski definition) is 4. The quantitative estimate of drug-likeness (QED) is 0.768. The van der Waals surface area contributed by atoms with E-state index in [2.05, 4.69) is 15.0 Å². The molecule has 0 saturated heterocycles. The van der Waals surface area contributed by atoms with Crippen LogP contribution in [0.3, 0.4) is 0 Å². The molecule has 1 aliphatic rings. The third-order valence-electron chi connectivity index (χ3n) is 2.79. The maximum Gasteiger partial charge on any atom is 0.328 e. The number of aliphatic imine (C=N–C) groups is 1. The molecule has 1 atom stereocenters. The maximum absolute atomic E-state index is 12.0. The first-order valence-electron chi connectivity index (χ1n) is 6.13. The van der Waals surface area contributed by atoms with Crippen molar-refractivity contribution in [2.45, 2.75) is 30.7 Å². The number of carbonyl (C=O) groups is 1. The van der Waals surface area contributed by atoms with Gasteiger partial charge in [0.05, 0.1) is 5.69 Å². The highest BCUT2D eigenvalue weighted by Gasteiger charge is 2.27. The van der Waals surface area contributed by atoms with Gasteiger partial charge in [-0.15, -0.1) is 0 Å². The number of sulfonamides is 1. The molecule has 0 radical (unpaired) electrons. The van der Waals surface area contributed by atoms with Gasteiger partial charge in [-0.1, -0.05) is 25.5 Å². The fourth-order valence-electron chi connectivity index (χ4n) is 1.87. The Morgan fingerprint density at radius 2 is 2.10 bits per heavy atom. The Morgan fingerprint density at radius 3 is 2.75 bits per heavy atom. The zero-order valence-electron chi connectivity index (χ0n) is 10.8. The van der Waals surface area contributed by atoms with Crippen molar-refractivity contribution in [2.24, 2.45) is 4.99 Å². The number of fused-ring (bicyclic) bond motifs is 1. The fraction of sp³-hybridized carbons (Fsp3) is 0.333. The van der Waals surface area contributed by atoms with Crippen LogP contribution in [0.1, 0.15) is 19.8 Å². The van der Waals surface area contributed by atoms with E-state index in [9.17, 15) is 13.2 Å². The van der Waals surface area contributed by atoms with Gasteiger partial charge >= 0.3 is 5.97 Å². The van der Waals surface area contributed by atoms with Crippen LogP contribution >= 0.6 is 0 Å². The van der Waals surface area contributed by atoms with Gasteiger partial charge in [-0.05, 0) is 18.6 Å². The van der Waals surface area contributed by atoms with E-state index in [1.807, 2.05) is 6.92 Å². The second-order valence-electron chi connectivity index (χ2n) is 4.35. The third-order valence-corrected chi connectivity index (χ3v) is 4.19. The van der Waals surface area contributed by atoms with Gasteiger partial charge in [0.15, 0.2) is 6.04 Å². The maximum atomic E-state index is 12.0. The molecule has 1 aromatic carbocycles. The Bertz CT molecular complexity index is 654. The first kappa shape index (κ1) is 14.3. The van der Waals surface area contributed by atoms with Crippen molar-refractivity contribution in [1.82, 2.24) is 4.72 Å². The number of para-hydroxylation sites is 1. The highest BCUT2D eigenvalue weighted by atomic mass is 32.2. The van der Waals surface area contributed by atoms with Crippen molar-refractivity contribution >= 4 is 27.6 Å². The predicted molar refractivity (Wildman–Crippen MR) is 74.2 cm³/mol. The van der Waals surface area contributed by atoms with E-state index >= 15 is 0 Å². The Balaban J connectivity index is 2.36. The molecule has 108 valence electrons. The lowest BCUT2D eigenvalue weighted by molar-refractivity contribution is -0.138. The Kier molecular flexibility index (Phi) is 3.93. The van der Waals surface area contributed by atoms with E-state index in [1.54, 1.807) is 18.2 Å². The minimum absolute atomic E-state index is 0.0652. The van der Waals surface area contributed by atoms with Crippen LogP contribution in [0, 0.1) is 0 Å². The number of guanidine groups is 1. The summed E-state index contributed by atoms with van der Waals surface area (Å²) in [7, 11) is -3.71. The van der Waals surface area contributed by atoms with E-state index in [4.69, 9.17) is 5.11 Å². The van der Waals surface area contributed by atoms with Gasteiger partial charge in [0, 0.05) is 0 Å². The van der Waals surface area contributed by atoms with Crippen molar-refractivity contribution in [3.05, 3.63) is 24.3 Å². The standard InChI is InChI=1S/C12H15N3O4S/c1-2-5-9(11(16)17)14-12-13-8-6-3-4-7-10(8)20(18,19)15-12/h3-4,6-7,9H,2,5H2,1H3,(H,16,17)(H2,13,14,15). The summed E-state index contributed by atoms with van der Waals surface area (Å²) in [5, 5.41) is 11.8. The normalized spacial score (nSPS) is 19.6. The topological polar surface area (TPSA) is 108 Å². The molecule has 7 nitrogen and oxygen atoms in total. The minimum atomic E-state index is -3.71. The molecular weight excluding hydrogens is 282 g/mol. The summed E-state index contributed by atoms with van der Waals surface area (Å²) >= 11 is 0. The third kappa shape index (κ3) is 2.90. The molecule has 1 heterocycles. The summed E-state index contributed by atoms with van der Waals surface area (Å²) in [6, 6.07) is 5.38. The SMILES string of the molecule is CCCC(N=C1Nc2ccccc2S(=O)(=O)N1)C(=O)O. The van der Waals surface area contributed by atoms with Crippen LogP contribution in [0.2, 0.25) is 0 Å². The number of benzene rings is 1. The van der Waals surface area contributed by atoms with Crippen LogP contribution in [-0.2, 0) is 14.8 Å². The number of nitrogens with one attached hydrogen (secondary N) is 2. The number of carboxylic acids is 1. The van der Waals surface area contributed by atoms with Crippen LogP contribution in [0.25, 0.3) is 0 Å². The van der Waals surface area contributed by atoms with Gasteiger partial charge in [0.2, 0.25) is 5.96 Å². The monoisotopic (exact) mass is 297 g/mol. The molecule has 1 unspecified atom stereocenters.